The monoisotopic (exact) mass is 188 g/mol. The Bertz CT molecular complexity index is 134. The van der Waals surface area contributed by atoms with E-state index in [9.17, 15) is 4.79 Å². The van der Waals surface area contributed by atoms with Crippen molar-refractivity contribution >= 4 is 5.97 Å². The molecule has 0 aliphatic heterocycles. The zero-order valence-electron chi connectivity index (χ0n) is 8.84. The van der Waals surface area contributed by atoms with Gasteiger partial charge in [0.1, 0.15) is 0 Å². The zero-order chi connectivity index (χ0) is 10.1. The van der Waals surface area contributed by atoms with Gasteiger partial charge in [0.25, 0.3) is 0 Å². The number of hydrogen-bond donors (Lipinski definition) is 0. The van der Waals surface area contributed by atoms with Crippen LogP contribution in [0.2, 0.25) is 0 Å². The molecule has 0 heterocycles. The van der Waals surface area contributed by atoms with Gasteiger partial charge in [0, 0.05) is 20.1 Å². The molecule has 3 nitrogen and oxygen atoms in total. The summed E-state index contributed by atoms with van der Waals surface area (Å²) in [4.78, 5) is 10.9. The number of methoxy groups -OCH3 is 2. The Morgan fingerprint density at radius 1 is 1.31 bits per heavy atom. The topological polar surface area (TPSA) is 35.5 Å². The summed E-state index contributed by atoms with van der Waals surface area (Å²) in [6, 6.07) is 0. The van der Waals surface area contributed by atoms with Gasteiger partial charge in [-0.1, -0.05) is 13.3 Å². The molecule has 0 aromatic rings. The van der Waals surface area contributed by atoms with E-state index in [0.29, 0.717) is 12.3 Å². The summed E-state index contributed by atoms with van der Waals surface area (Å²) in [7, 11) is 3.13. The number of carbonyl (C=O) groups is 1. The van der Waals surface area contributed by atoms with Crippen molar-refractivity contribution in [2.75, 3.05) is 20.8 Å². The first kappa shape index (κ1) is 12.4. The lowest BCUT2D eigenvalue weighted by Crippen LogP contribution is -2.07. The minimum Gasteiger partial charge on any atom is -0.469 e. The first-order valence-corrected chi connectivity index (χ1v) is 4.80. The SMILES string of the molecule is CC[C@@H](CCOC)CCC(=O)OC. The van der Waals surface area contributed by atoms with Crippen LogP contribution in [0.3, 0.4) is 0 Å². The summed E-state index contributed by atoms with van der Waals surface area (Å²) >= 11 is 0. The van der Waals surface area contributed by atoms with E-state index in [2.05, 4.69) is 11.7 Å². The molecule has 78 valence electrons. The van der Waals surface area contributed by atoms with E-state index in [1.54, 1.807) is 7.11 Å². The van der Waals surface area contributed by atoms with Gasteiger partial charge in [0.05, 0.1) is 7.11 Å². The first-order valence-electron chi connectivity index (χ1n) is 4.80. The van der Waals surface area contributed by atoms with Crippen LogP contribution in [0.15, 0.2) is 0 Å². The Hall–Kier alpha value is -0.570. The predicted octanol–water partition coefficient (Wildman–Crippen LogP) is 2.00. The van der Waals surface area contributed by atoms with E-state index >= 15 is 0 Å². The molecule has 0 aromatic heterocycles. The Kier molecular flexibility index (Phi) is 7.69. The van der Waals surface area contributed by atoms with Gasteiger partial charge in [-0.2, -0.15) is 0 Å². The highest BCUT2D eigenvalue weighted by molar-refractivity contribution is 5.69. The third kappa shape index (κ3) is 6.58. The molecule has 0 bridgehead atoms. The third-order valence-corrected chi connectivity index (χ3v) is 2.29. The maximum Gasteiger partial charge on any atom is 0.305 e. The molecular formula is C10H20O3. The van der Waals surface area contributed by atoms with Crippen molar-refractivity contribution in [2.24, 2.45) is 5.92 Å². The Morgan fingerprint density at radius 3 is 2.46 bits per heavy atom. The first-order chi connectivity index (χ1) is 6.24. The van der Waals surface area contributed by atoms with E-state index in [1.807, 2.05) is 0 Å². The molecule has 13 heavy (non-hydrogen) atoms. The molecule has 0 saturated carbocycles. The van der Waals surface area contributed by atoms with Gasteiger partial charge in [0.15, 0.2) is 0 Å². The van der Waals surface area contributed by atoms with Crippen molar-refractivity contribution in [3.05, 3.63) is 0 Å². The molecule has 0 saturated heterocycles. The van der Waals surface area contributed by atoms with Crippen LogP contribution in [0, 0.1) is 5.92 Å². The van der Waals surface area contributed by atoms with E-state index in [4.69, 9.17) is 4.74 Å². The van der Waals surface area contributed by atoms with Gasteiger partial charge >= 0.3 is 5.97 Å². The molecule has 0 unspecified atom stereocenters. The second-order valence-electron chi connectivity index (χ2n) is 3.17. The molecule has 0 aliphatic carbocycles. The second kappa shape index (κ2) is 8.05. The molecule has 0 rings (SSSR count). The highest BCUT2D eigenvalue weighted by Crippen LogP contribution is 2.15. The van der Waals surface area contributed by atoms with Crippen molar-refractivity contribution in [1.82, 2.24) is 0 Å². The number of rotatable bonds is 7. The molecule has 0 N–H and O–H groups in total. The number of ether oxygens (including phenoxy) is 2. The molecule has 0 amide bonds. The molecule has 0 aliphatic rings. The fourth-order valence-corrected chi connectivity index (χ4v) is 1.26. The number of hydrogen-bond acceptors (Lipinski definition) is 3. The van der Waals surface area contributed by atoms with Crippen LogP contribution < -0.4 is 0 Å². The normalized spacial score (nSPS) is 12.5. The van der Waals surface area contributed by atoms with Crippen LogP contribution in [0.5, 0.6) is 0 Å². The zero-order valence-corrected chi connectivity index (χ0v) is 8.84. The summed E-state index contributed by atoms with van der Waals surface area (Å²) in [5.41, 5.74) is 0. The summed E-state index contributed by atoms with van der Waals surface area (Å²) in [5, 5.41) is 0. The number of esters is 1. The lowest BCUT2D eigenvalue weighted by molar-refractivity contribution is -0.141. The van der Waals surface area contributed by atoms with Gasteiger partial charge in [-0.05, 0) is 18.8 Å². The highest BCUT2D eigenvalue weighted by atomic mass is 16.5. The molecule has 0 fully saturated rings. The minimum absolute atomic E-state index is 0.115. The van der Waals surface area contributed by atoms with E-state index in [1.165, 1.54) is 7.11 Å². The average molecular weight is 188 g/mol. The third-order valence-electron chi connectivity index (χ3n) is 2.29. The molecule has 0 aromatic carbocycles. The van der Waals surface area contributed by atoms with Crippen molar-refractivity contribution in [3.8, 4) is 0 Å². The highest BCUT2D eigenvalue weighted by Gasteiger charge is 2.09. The largest absolute Gasteiger partial charge is 0.469 e. The summed E-state index contributed by atoms with van der Waals surface area (Å²) in [6.45, 7) is 2.91. The molecule has 1 atom stereocenters. The van der Waals surface area contributed by atoms with Crippen molar-refractivity contribution < 1.29 is 14.3 Å². The van der Waals surface area contributed by atoms with Crippen LogP contribution >= 0.6 is 0 Å². The van der Waals surface area contributed by atoms with Crippen LogP contribution in [-0.4, -0.2) is 26.8 Å². The van der Waals surface area contributed by atoms with E-state index in [-0.39, 0.29) is 5.97 Å². The maximum atomic E-state index is 10.9. The van der Waals surface area contributed by atoms with Crippen LogP contribution in [-0.2, 0) is 14.3 Å². The second-order valence-corrected chi connectivity index (χ2v) is 3.17. The van der Waals surface area contributed by atoms with Gasteiger partial charge in [-0.15, -0.1) is 0 Å². The van der Waals surface area contributed by atoms with Crippen molar-refractivity contribution in [3.63, 3.8) is 0 Å². The fraction of sp³-hybridized carbons (Fsp3) is 0.900. The smallest absolute Gasteiger partial charge is 0.305 e. The van der Waals surface area contributed by atoms with E-state index < -0.39 is 0 Å². The van der Waals surface area contributed by atoms with Crippen molar-refractivity contribution in [1.29, 1.82) is 0 Å². The Balaban J connectivity index is 3.52. The van der Waals surface area contributed by atoms with Crippen LogP contribution in [0.1, 0.15) is 32.6 Å². The summed E-state index contributed by atoms with van der Waals surface area (Å²) < 4.78 is 9.57. The van der Waals surface area contributed by atoms with Gasteiger partial charge in [-0.3, -0.25) is 4.79 Å². The maximum absolute atomic E-state index is 10.9. The van der Waals surface area contributed by atoms with Gasteiger partial charge in [0.2, 0.25) is 0 Å². The lowest BCUT2D eigenvalue weighted by atomic mass is 9.97. The Morgan fingerprint density at radius 2 is 2.00 bits per heavy atom. The molecule has 0 spiro atoms. The van der Waals surface area contributed by atoms with Crippen molar-refractivity contribution in [2.45, 2.75) is 32.6 Å². The molecular weight excluding hydrogens is 168 g/mol. The molecule has 0 radical (unpaired) electrons. The van der Waals surface area contributed by atoms with Crippen LogP contribution in [0.4, 0.5) is 0 Å². The minimum atomic E-state index is -0.115. The average Bonchev–Trinajstić information content (AvgIpc) is 2.17. The van der Waals surface area contributed by atoms with E-state index in [0.717, 1.165) is 25.9 Å². The summed E-state index contributed by atoms with van der Waals surface area (Å²) in [5.74, 6) is 0.468. The van der Waals surface area contributed by atoms with Crippen LogP contribution in [0.25, 0.3) is 0 Å². The fourth-order valence-electron chi connectivity index (χ4n) is 1.26. The summed E-state index contributed by atoms with van der Waals surface area (Å²) in [6.07, 6.45) is 3.57. The predicted molar refractivity (Wildman–Crippen MR) is 51.5 cm³/mol. The molecule has 3 heteroatoms. The van der Waals surface area contributed by atoms with Gasteiger partial charge < -0.3 is 9.47 Å². The number of carbonyl (C=O) groups excluding carboxylic acids is 1. The standard InChI is InChI=1S/C10H20O3/c1-4-9(7-8-12-2)5-6-10(11)13-3/h9H,4-8H2,1-3H3/t9-/m1/s1. The Labute approximate surface area is 80.4 Å². The van der Waals surface area contributed by atoms with Gasteiger partial charge in [-0.25, -0.2) is 0 Å². The lowest BCUT2D eigenvalue weighted by Gasteiger charge is -2.12. The quantitative estimate of drug-likeness (QED) is 0.573.